The Morgan fingerprint density at radius 1 is 1.43 bits per heavy atom. The van der Waals surface area contributed by atoms with Crippen LogP contribution in [0.5, 0.6) is 0 Å². The Morgan fingerprint density at radius 2 is 2.13 bits per heavy atom. The first-order chi connectivity index (χ1) is 11.0. The highest BCUT2D eigenvalue weighted by atomic mass is 32.1. The average Bonchev–Trinajstić information content (AvgIpc) is 3.12. The third kappa shape index (κ3) is 3.37. The third-order valence-corrected chi connectivity index (χ3v) is 5.60. The van der Waals surface area contributed by atoms with Gasteiger partial charge in [-0.25, -0.2) is 4.98 Å². The van der Waals surface area contributed by atoms with Crippen molar-refractivity contribution in [2.24, 2.45) is 11.8 Å². The van der Waals surface area contributed by atoms with E-state index in [1.807, 2.05) is 38.1 Å². The summed E-state index contributed by atoms with van der Waals surface area (Å²) in [6, 6.07) is 7.75. The van der Waals surface area contributed by atoms with E-state index in [-0.39, 0.29) is 30.4 Å². The molecule has 1 heterocycles. The van der Waals surface area contributed by atoms with Crippen LogP contribution in [0.4, 0.5) is 0 Å². The van der Waals surface area contributed by atoms with Gasteiger partial charge in [0.2, 0.25) is 0 Å². The van der Waals surface area contributed by atoms with Crippen molar-refractivity contribution in [3.8, 4) is 0 Å². The van der Waals surface area contributed by atoms with Gasteiger partial charge < -0.3 is 9.64 Å². The molecule has 0 aliphatic heterocycles. The molecule has 6 heteroatoms. The number of fused-ring (bicyclic) bond motifs is 1. The Kier molecular flexibility index (Phi) is 4.35. The lowest BCUT2D eigenvalue weighted by Gasteiger charge is -2.23. The first-order valence-corrected chi connectivity index (χ1v) is 8.56. The van der Waals surface area contributed by atoms with Crippen molar-refractivity contribution in [3.63, 3.8) is 0 Å². The number of amides is 1. The van der Waals surface area contributed by atoms with E-state index in [1.54, 1.807) is 23.3 Å². The number of para-hydroxylation sites is 1. The highest BCUT2D eigenvalue weighted by Crippen LogP contribution is 2.38. The van der Waals surface area contributed by atoms with Crippen molar-refractivity contribution < 1.29 is 14.3 Å². The molecule has 23 heavy (non-hydrogen) atoms. The molecule has 0 N–H and O–H groups in total. The lowest BCUT2D eigenvalue weighted by Crippen LogP contribution is -2.33. The second kappa shape index (κ2) is 6.28. The van der Waals surface area contributed by atoms with Crippen LogP contribution in [-0.4, -0.2) is 35.4 Å². The number of ether oxygens (including phenoxy) is 1. The summed E-state index contributed by atoms with van der Waals surface area (Å²) in [4.78, 5) is 30.1. The zero-order valence-electron chi connectivity index (χ0n) is 13.5. The van der Waals surface area contributed by atoms with Gasteiger partial charge in [-0.05, 0) is 31.4 Å². The summed E-state index contributed by atoms with van der Waals surface area (Å²) in [7, 11) is 1.71. The van der Waals surface area contributed by atoms with Crippen LogP contribution in [0.25, 0.3) is 10.2 Å². The molecule has 0 bridgehead atoms. The number of carbonyl (C=O) groups is 2. The summed E-state index contributed by atoms with van der Waals surface area (Å²) >= 11 is 1.58. The molecule has 122 valence electrons. The molecule has 1 aromatic heterocycles. The van der Waals surface area contributed by atoms with E-state index in [0.717, 1.165) is 21.6 Å². The SMILES string of the molecule is C[C@@H]1C[C@H]1C(=O)OCC(=O)N(C)[C@@H](C)c1nc2ccccc2s1. The second-order valence-electron chi connectivity index (χ2n) is 6.13. The van der Waals surface area contributed by atoms with E-state index in [2.05, 4.69) is 4.98 Å². The Hall–Kier alpha value is -1.95. The van der Waals surface area contributed by atoms with E-state index >= 15 is 0 Å². The van der Waals surface area contributed by atoms with Gasteiger partial charge >= 0.3 is 5.97 Å². The summed E-state index contributed by atoms with van der Waals surface area (Å²) in [6.45, 7) is 3.74. The molecular weight excluding hydrogens is 312 g/mol. The minimum absolute atomic E-state index is 0.0187. The van der Waals surface area contributed by atoms with Gasteiger partial charge in [-0.2, -0.15) is 0 Å². The maximum absolute atomic E-state index is 12.2. The monoisotopic (exact) mass is 332 g/mol. The van der Waals surface area contributed by atoms with Crippen LogP contribution in [0, 0.1) is 11.8 Å². The quantitative estimate of drug-likeness (QED) is 0.790. The van der Waals surface area contributed by atoms with Crippen LogP contribution in [-0.2, 0) is 14.3 Å². The minimum Gasteiger partial charge on any atom is -0.455 e. The lowest BCUT2D eigenvalue weighted by atomic mass is 10.3. The van der Waals surface area contributed by atoms with E-state index < -0.39 is 0 Å². The number of esters is 1. The predicted molar refractivity (Wildman–Crippen MR) is 89.0 cm³/mol. The largest absolute Gasteiger partial charge is 0.455 e. The molecule has 3 atom stereocenters. The number of rotatable bonds is 5. The molecule has 1 amide bonds. The van der Waals surface area contributed by atoms with Gasteiger partial charge in [0.05, 0.1) is 22.2 Å². The maximum Gasteiger partial charge on any atom is 0.309 e. The number of nitrogens with zero attached hydrogens (tertiary/aromatic N) is 2. The van der Waals surface area contributed by atoms with Crippen LogP contribution in [0.2, 0.25) is 0 Å². The number of likely N-dealkylation sites (N-methyl/N-ethyl adjacent to an activating group) is 1. The normalized spacial score (nSPS) is 21.0. The zero-order chi connectivity index (χ0) is 16.6. The fraction of sp³-hybridized carbons (Fsp3) is 0.471. The standard InChI is InChI=1S/C17H20N2O3S/c1-10-8-12(10)17(21)22-9-15(20)19(3)11(2)16-18-13-6-4-5-7-14(13)23-16/h4-7,10-12H,8-9H2,1-3H3/t10-,11+,12-/m1/s1. The van der Waals surface area contributed by atoms with E-state index in [4.69, 9.17) is 4.74 Å². The van der Waals surface area contributed by atoms with Crippen molar-refractivity contribution in [2.75, 3.05) is 13.7 Å². The Bertz CT molecular complexity index is 709. The fourth-order valence-electron chi connectivity index (χ4n) is 2.44. The molecule has 0 saturated heterocycles. The Balaban J connectivity index is 1.60. The van der Waals surface area contributed by atoms with E-state index in [1.165, 1.54) is 0 Å². The first-order valence-electron chi connectivity index (χ1n) is 7.75. The molecule has 0 spiro atoms. The van der Waals surface area contributed by atoms with Gasteiger partial charge in [0.1, 0.15) is 5.01 Å². The molecule has 5 nitrogen and oxygen atoms in total. The summed E-state index contributed by atoms with van der Waals surface area (Å²) in [5.74, 6) is -0.0999. The van der Waals surface area contributed by atoms with Gasteiger partial charge in [-0.3, -0.25) is 9.59 Å². The molecule has 1 saturated carbocycles. The number of hydrogen-bond acceptors (Lipinski definition) is 5. The van der Waals surface area contributed by atoms with E-state index in [9.17, 15) is 9.59 Å². The van der Waals surface area contributed by atoms with Gasteiger partial charge in [-0.1, -0.05) is 19.1 Å². The number of hydrogen-bond donors (Lipinski definition) is 0. The van der Waals surface area contributed by atoms with Gasteiger partial charge in [0.25, 0.3) is 5.91 Å². The minimum atomic E-state index is -0.258. The Morgan fingerprint density at radius 3 is 2.78 bits per heavy atom. The second-order valence-corrected chi connectivity index (χ2v) is 7.19. The van der Waals surface area contributed by atoms with E-state index in [0.29, 0.717) is 5.92 Å². The van der Waals surface area contributed by atoms with Crippen molar-refractivity contribution >= 4 is 33.4 Å². The predicted octanol–water partition coefficient (Wildman–Crippen LogP) is 3.01. The lowest BCUT2D eigenvalue weighted by molar-refractivity contribution is -0.153. The first kappa shape index (κ1) is 15.9. The van der Waals surface area contributed by atoms with Crippen LogP contribution in [0.3, 0.4) is 0 Å². The summed E-state index contributed by atoms with van der Waals surface area (Å²) in [5.41, 5.74) is 0.939. The third-order valence-electron chi connectivity index (χ3n) is 4.39. The van der Waals surface area contributed by atoms with Crippen molar-refractivity contribution in [1.82, 2.24) is 9.88 Å². The van der Waals surface area contributed by atoms with Gasteiger partial charge in [0.15, 0.2) is 6.61 Å². The molecule has 1 aromatic carbocycles. The van der Waals surface area contributed by atoms with Crippen LogP contribution in [0.1, 0.15) is 31.3 Å². The zero-order valence-corrected chi connectivity index (χ0v) is 14.3. The molecule has 3 rings (SSSR count). The smallest absolute Gasteiger partial charge is 0.309 e. The summed E-state index contributed by atoms with van der Waals surface area (Å²) < 4.78 is 6.22. The fourth-order valence-corrected chi connectivity index (χ4v) is 3.51. The van der Waals surface area contributed by atoms with Crippen LogP contribution < -0.4 is 0 Å². The van der Waals surface area contributed by atoms with Crippen molar-refractivity contribution in [1.29, 1.82) is 0 Å². The number of benzene rings is 1. The van der Waals surface area contributed by atoms with Crippen LogP contribution >= 0.6 is 11.3 Å². The van der Waals surface area contributed by atoms with Crippen molar-refractivity contribution in [2.45, 2.75) is 26.3 Å². The van der Waals surface area contributed by atoms with Crippen molar-refractivity contribution in [3.05, 3.63) is 29.3 Å². The molecule has 1 aliphatic rings. The highest BCUT2D eigenvalue weighted by molar-refractivity contribution is 7.18. The van der Waals surface area contributed by atoms with Crippen LogP contribution in [0.15, 0.2) is 24.3 Å². The highest BCUT2D eigenvalue weighted by Gasteiger charge is 2.40. The molecular formula is C17H20N2O3S. The average molecular weight is 332 g/mol. The molecule has 0 radical (unpaired) electrons. The number of aromatic nitrogens is 1. The number of carbonyl (C=O) groups excluding carboxylic acids is 2. The molecule has 0 unspecified atom stereocenters. The van der Waals surface area contributed by atoms with Gasteiger partial charge in [-0.15, -0.1) is 11.3 Å². The summed E-state index contributed by atoms with van der Waals surface area (Å²) in [5, 5.41) is 0.879. The molecule has 1 aliphatic carbocycles. The molecule has 2 aromatic rings. The topological polar surface area (TPSA) is 59.5 Å². The van der Waals surface area contributed by atoms with Gasteiger partial charge in [0, 0.05) is 7.05 Å². The molecule has 1 fully saturated rings. The summed E-state index contributed by atoms with van der Waals surface area (Å²) in [6.07, 6.45) is 0.866. The maximum atomic E-state index is 12.2. The Labute approximate surface area is 139 Å². The number of thiazole rings is 1.